The number of hydrogen-bond donors (Lipinski definition) is 3. The van der Waals surface area contributed by atoms with E-state index in [1.165, 1.54) is 0 Å². The fourth-order valence-electron chi connectivity index (χ4n) is 3.07. The lowest BCUT2D eigenvalue weighted by molar-refractivity contribution is -0.118. The third kappa shape index (κ3) is 6.93. The predicted octanol–water partition coefficient (Wildman–Crippen LogP) is 3.48. The molecule has 0 heterocycles. The summed E-state index contributed by atoms with van der Waals surface area (Å²) in [4.78, 5) is 36.4. The summed E-state index contributed by atoms with van der Waals surface area (Å²) >= 11 is 0. The first-order valence-corrected chi connectivity index (χ1v) is 10.6. The lowest BCUT2D eigenvalue weighted by atomic mass is 10.1. The van der Waals surface area contributed by atoms with Crippen molar-refractivity contribution >= 4 is 23.4 Å². The number of anilines is 1. The second-order valence-corrected chi connectivity index (χ2v) is 7.49. The van der Waals surface area contributed by atoms with Gasteiger partial charge in [-0.1, -0.05) is 30.3 Å². The van der Waals surface area contributed by atoms with E-state index in [1.807, 2.05) is 38.1 Å². The molecule has 170 valence electrons. The van der Waals surface area contributed by atoms with Gasteiger partial charge in [0.15, 0.2) is 6.61 Å². The Kier molecular flexibility index (Phi) is 8.18. The Morgan fingerprint density at radius 2 is 1.33 bits per heavy atom. The summed E-state index contributed by atoms with van der Waals surface area (Å²) in [5, 5.41) is 8.26. The van der Waals surface area contributed by atoms with Gasteiger partial charge in [0, 0.05) is 29.9 Å². The van der Waals surface area contributed by atoms with E-state index < -0.39 is 0 Å². The molecule has 7 heteroatoms. The monoisotopic (exact) mass is 445 g/mol. The fraction of sp³-hybridized carbons (Fsp3) is 0.192. The van der Waals surface area contributed by atoms with Gasteiger partial charge >= 0.3 is 0 Å². The first-order valence-electron chi connectivity index (χ1n) is 10.6. The normalized spacial score (nSPS) is 10.2. The molecule has 0 fully saturated rings. The van der Waals surface area contributed by atoms with Gasteiger partial charge in [0.05, 0.1) is 0 Å². The molecule has 3 rings (SSSR count). The minimum Gasteiger partial charge on any atom is -0.483 e. The van der Waals surface area contributed by atoms with Crippen molar-refractivity contribution in [3.63, 3.8) is 0 Å². The van der Waals surface area contributed by atoms with Crippen molar-refractivity contribution in [3.8, 4) is 5.75 Å². The van der Waals surface area contributed by atoms with E-state index in [4.69, 9.17) is 4.74 Å². The number of aryl methyl sites for hydroxylation is 1. The van der Waals surface area contributed by atoms with Gasteiger partial charge in [-0.25, -0.2) is 0 Å². The fourth-order valence-corrected chi connectivity index (χ4v) is 3.07. The van der Waals surface area contributed by atoms with Gasteiger partial charge in [0.2, 0.25) is 0 Å². The van der Waals surface area contributed by atoms with Crippen molar-refractivity contribution in [3.05, 3.63) is 95.1 Å². The lowest BCUT2D eigenvalue weighted by Crippen LogP contribution is -2.34. The zero-order valence-electron chi connectivity index (χ0n) is 18.7. The Morgan fingerprint density at radius 3 is 1.97 bits per heavy atom. The van der Waals surface area contributed by atoms with Gasteiger partial charge in [-0.15, -0.1) is 0 Å². The molecule has 0 spiro atoms. The van der Waals surface area contributed by atoms with Crippen LogP contribution in [0.4, 0.5) is 5.69 Å². The van der Waals surface area contributed by atoms with Crippen LogP contribution in [0, 0.1) is 13.8 Å². The number of hydrogen-bond acceptors (Lipinski definition) is 4. The highest BCUT2D eigenvalue weighted by Crippen LogP contribution is 2.20. The molecular weight excluding hydrogens is 418 g/mol. The summed E-state index contributed by atoms with van der Waals surface area (Å²) in [5.41, 5.74) is 3.69. The van der Waals surface area contributed by atoms with Crippen molar-refractivity contribution < 1.29 is 19.1 Å². The maximum atomic E-state index is 12.3. The van der Waals surface area contributed by atoms with E-state index >= 15 is 0 Å². The molecule has 33 heavy (non-hydrogen) atoms. The Morgan fingerprint density at radius 1 is 0.727 bits per heavy atom. The van der Waals surface area contributed by atoms with Crippen LogP contribution in [0.25, 0.3) is 0 Å². The molecule has 0 atom stereocenters. The van der Waals surface area contributed by atoms with Crippen molar-refractivity contribution in [1.29, 1.82) is 0 Å². The molecular formula is C26H27N3O4. The van der Waals surface area contributed by atoms with Crippen LogP contribution in [-0.2, 0) is 4.79 Å². The molecule has 0 saturated heterocycles. The Balaban J connectivity index is 1.40. The predicted molar refractivity (Wildman–Crippen MR) is 128 cm³/mol. The Hall–Kier alpha value is -4.13. The third-order valence-corrected chi connectivity index (χ3v) is 5.08. The zero-order valence-corrected chi connectivity index (χ0v) is 18.7. The van der Waals surface area contributed by atoms with Gasteiger partial charge in [-0.3, -0.25) is 14.4 Å². The van der Waals surface area contributed by atoms with E-state index in [1.54, 1.807) is 48.5 Å². The van der Waals surface area contributed by atoms with Crippen molar-refractivity contribution in [1.82, 2.24) is 10.6 Å². The summed E-state index contributed by atoms with van der Waals surface area (Å²) < 4.78 is 5.61. The number of ether oxygens (including phenoxy) is 1. The third-order valence-electron chi connectivity index (χ3n) is 5.08. The highest BCUT2D eigenvalue weighted by Gasteiger charge is 2.09. The standard InChI is InChI=1S/C26H27N3O4/c1-18-7-6-10-23(19(18)2)33-17-24(30)29-22-13-11-21(12-14-22)26(32)28-16-15-27-25(31)20-8-4-3-5-9-20/h3-14H,15-17H2,1-2H3,(H,27,31)(H,28,32)(H,29,30). The summed E-state index contributed by atoms with van der Waals surface area (Å²) in [6, 6.07) is 21.1. The summed E-state index contributed by atoms with van der Waals surface area (Å²) in [6.07, 6.45) is 0. The first kappa shape index (κ1) is 23.5. The second-order valence-electron chi connectivity index (χ2n) is 7.49. The molecule has 3 amide bonds. The summed E-state index contributed by atoms with van der Waals surface area (Å²) in [5.74, 6) is -0.0639. The van der Waals surface area contributed by atoms with E-state index in [2.05, 4.69) is 16.0 Å². The molecule has 0 aliphatic carbocycles. The number of carbonyl (C=O) groups excluding carboxylic acids is 3. The van der Waals surface area contributed by atoms with Gasteiger partial charge in [-0.2, -0.15) is 0 Å². The number of rotatable bonds is 9. The molecule has 3 aromatic rings. The van der Waals surface area contributed by atoms with Gasteiger partial charge in [-0.05, 0) is 67.4 Å². The van der Waals surface area contributed by atoms with Crippen molar-refractivity contribution in [2.75, 3.05) is 25.0 Å². The van der Waals surface area contributed by atoms with Crippen LogP contribution in [0.1, 0.15) is 31.8 Å². The van der Waals surface area contributed by atoms with E-state index in [0.717, 1.165) is 11.1 Å². The number of carbonyl (C=O) groups is 3. The maximum Gasteiger partial charge on any atom is 0.262 e. The topological polar surface area (TPSA) is 96.5 Å². The molecule has 0 saturated carbocycles. The second kappa shape index (κ2) is 11.5. The average molecular weight is 446 g/mol. The van der Waals surface area contributed by atoms with Crippen LogP contribution >= 0.6 is 0 Å². The lowest BCUT2D eigenvalue weighted by Gasteiger charge is -2.11. The quantitative estimate of drug-likeness (QED) is 0.440. The molecule has 0 bridgehead atoms. The van der Waals surface area contributed by atoms with Gasteiger partial charge in [0.1, 0.15) is 5.75 Å². The van der Waals surface area contributed by atoms with Crippen LogP contribution < -0.4 is 20.7 Å². The van der Waals surface area contributed by atoms with Crippen LogP contribution in [0.15, 0.2) is 72.8 Å². The molecule has 0 aromatic heterocycles. The summed E-state index contributed by atoms with van der Waals surface area (Å²) in [6.45, 7) is 4.44. The molecule has 0 aliphatic heterocycles. The highest BCUT2D eigenvalue weighted by atomic mass is 16.5. The van der Waals surface area contributed by atoms with Gasteiger partial charge in [0.25, 0.3) is 17.7 Å². The summed E-state index contributed by atoms with van der Waals surface area (Å²) in [7, 11) is 0. The minimum absolute atomic E-state index is 0.110. The maximum absolute atomic E-state index is 12.3. The van der Waals surface area contributed by atoms with E-state index in [-0.39, 0.29) is 24.3 Å². The van der Waals surface area contributed by atoms with Gasteiger partial charge < -0.3 is 20.7 Å². The Bertz CT molecular complexity index is 1110. The minimum atomic E-state index is -0.290. The number of benzene rings is 3. The van der Waals surface area contributed by atoms with Crippen LogP contribution in [0.2, 0.25) is 0 Å². The largest absolute Gasteiger partial charge is 0.483 e. The highest BCUT2D eigenvalue weighted by molar-refractivity contribution is 5.96. The van der Waals surface area contributed by atoms with E-state index in [9.17, 15) is 14.4 Å². The first-order chi connectivity index (χ1) is 15.9. The molecule has 0 aliphatic rings. The van der Waals surface area contributed by atoms with Crippen molar-refractivity contribution in [2.24, 2.45) is 0 Å². The Labute approximate surface area is 193 Å². The molecule has 0 unspecified atom stereocenters. The van der Waals surface area contributed by atoms with Crippen LogP contribution in [0.5, 0.6) is 5.75 Å². The smallest absolute Gasteiger partial charge is 0.262 e. The zero-order chi connectivity index (χ0) is 23.6. The van der Waals surface area contributed by atoms with Crippen molar-refractivity contribution in [2.45, 2.75) is 13.8 Å². The van der Waals surface area contributed by atoms with E-state index in [0.29, 0.717) is 35.7 Å². The SMILES string of the molecule is Cc1cccc(OCC(=O)Nc2ccc(C(=O)NCCNC(=O)c3ccccc3)cc2)c1C. The van der Waals surface area contributed by atoms with Crippen LogP contribution in [-0.4, -0.2) is 37.4 Å². The molecule has 3 N–H and O–H groups in total. The van der Waals surface area contributed by atoms with Crippen LogP contribution in [0.3, 0.4) is 0 Å². The molecule has 3 aromatic carbocycles. The number of amides is 3. The molecule has 7 nitrogen and oxygen atoms in total. The molecule has 0 radical (unpaired) electrons. The number of nitrogens with one attached hydrogen (secondary N) is 3. The average Bonchev–Trinajstić information content (AvgIpc) is 2.83.